The Morgan fingerprint density at radius 2 is 1.69 bits per heavy atom. The predicted octanol–water partition coefficient (Wildman–Crippen LogP) is 3.61. The summed E-state index contributed by atoms with van der Waals surface area (Å²) in [6, 6.07) is 3.22. The van der Waals surface area contributed by atoms with Gasteiger partial charge < -0.3 is 23.7 Å². The summed E-state index contributed by atoms with van der Waals surface area (Å²) in [6.07, 6.45) is 2.55. The third-order valence-corrected chi connectivity index (χ3v) is 5.80. The molecule has 0 amide bonds. The second-order valence-corrected chi connectivity index (χ2v) is 7.80. The average Bonchev–Trinajstić information content (AvgIpc) is 2.60. The van der Waals surface area contributed by atoms with E-state index < -0.39 is 11.6 Å². The van der Waals surface area contributed by atoms with Crippen molar-refractivity contribution in [2.24, 2.45) is 5.92 Å². The molecule has 1 aromatic rings. The Morgan fingerprint density at radius 3 is 2.15 bits per heavy atom. The first kappa shape index (κ1) is 18.8. The second-order valence-electron chi connectivity index (χ2n) is 7.80. The van der Waals surface area contributed by atoms with E-state index in [1.165, 1.54) is 21.3 Å². The van der Waals surface area contributed by atoms with Crippen LogP contribution in [-0.2, 0) is 9.47 Å². The van der Waals surface area contributed by atoms with Crippen molar-refractivity contribution < 1.29 is 28.5 Å². The van der Waals surface area contributed by atoms with E-state index in [1.54, 1.807) is 12.1 Å². The fourth-order valence-corrected chi connectivity index (χ4v) is 4.25. The van der Waals surface area contributed by atoms with Crippen LogP contribution in [-0.4, -0.2) is 44.6 Å². The van der Waals surface area contributed by atoms with Crippen molar-refractivity contribution in [1.82, 2.24) is 0 Å². The summed E-state index contributed by atoms with van der Waals surface area (Å²) >= 11 is 0. The molecule has 6 heteroatoms. The molecular weight excluding hydrogens is 336 g/mol. The Bertz CT molecular complexity index is 673. The molecule has 3 unspecified atom stereocenters. The van der Waals surface area contributed by atoms with Crippen LogP contribution in [0.15, 0.2) is 12.1 Å². The zero-order valence-corrected chi connectivity index (χ0v) is 16.4. The number of fused-ring (bicyclic) bond motifs is 3. The quantitative estimate of drug-likeness (QED) is 0.744. The number of methoxy groups -OCH3 is 3. The zero-order valence-electron chi connectivity index (χ0n) is 16.4. The van der Waals surface area contributed by atoms with Gasteiger partial charge in [-0.15, -0.1) is 0 Å². The van der Waals surface area contributed by atoms with Crippen LogP contribution in [0.2, 0.25) is 0 Å². The van der Waals surface area contributed by atoms with Gasteiger partial charge in [0.1, 0.15) is 11.7 Å². The molecule has 0 radical (unpaired) electrons. The summed E-state index contributed by atoms with van der Waals surface area (Å²) in [4.78, 5) is 12.8. The topological polar surface area (TPSA) is 63.2 Å². The highest BCUT2D eigenvalue weighted by atomic mass is 16.6. The molecule has 1 aromatic carbocycles. The van der Waals surface area contributed by atoms with E-state index in [2.05, 4.69) is 13.8 Å². The maximum absolute atomic E-state index is 12.8. The fraction of sp³-hybridized carbons (Fsp3) is 0.650. The van der Waals surface area contributed by atoms with Crippen LogP contribution in [0.3, 0.4) is 0 Å². The van der Waals surface area contributed by atoms with Gasteiger partial charge in [-0.2, -0.15) is 0 Å². The predicted molar refractivity (Wildman–Crippen MR) is 96.2 cm³/mol. The number of hydrogen-bond donors (Lipinski definition) is 0. The summed E-state index contributed by atoms with van der Waals surface area (Å²) in [5.74, 6) is 1.27. The molecule has 0 aromatic heterocycles. The third kappa shape index (κ3) is 3.11. The maximum atomic E-state index is 12.8. The molecule has 0 spiro atoms. The Balaban J connectivity index is 1.83. The summed E-state index contributed by atoms with van der Waals surface area (Å²) in [7, 11) is 4.56. The lowest BCUT2D eigenvalue weighted by molar-refractivity contribution is -0.272. The van der Waals surface area contributed by atoms with Crippen molar-refractivity contribution >= 4 is 5.97 Å². The number of rotatable bonds is 5. The van der Waals surface area contributed by atoms with Gasteiger partial charge in [0.15, 0.2) is 11.5 Å². The molecular formula is C20H28O6. The Kier molecular flexibility index (Phi) is 4.82. The third-order valence-electron chi connectivity index (χ3n) is 5.80. The number of benzene rings is 1. The number of esters is 1. The van der Waals surface area contributed by atoms with E-state index >= 15 is 0 Å². The minimum absolute atomic E-state index is 0.178. The summed E-state index contributed by atoms with van der Waals surface area (Å²) in [5.41, 5.74) is -0.263. The van der Waals surface area contributed by atoms with Crippen molar-refractivity contribution in [3.63, 3.8) is 0 Å². The molecule has 3 aliphatic rings. The van der Waals surface area contributed by atoms with Gasteiger partial charge in [0.05, 0.1) is 32.5 Å². The first-order valence-electron chi connectivity index (χ1n) is 8.95. The number of carbonyl (C=O) groups is 1. The summed E-state index contributed by atoms with van der Waals surface area (Å²) < 4.78 is 28.1. The SMILES string of the molecule is COc1cc(C(=O)OC2CC3CCC2(C)OC3(C)C)cc(OC)c1OC. The highest BCUT2D eigenvalue weighted by Crippen LogP contribution is 2.50. The molecule has 2 bridgehead atoms. The van der Waals surface area contributed by atoms with Crippen LogP contribution in [0.25, 0.3) is 0 Å². The van der Waals surface area contributed by atoms with Gasteiger partial charge in [-0.3, -0.25) is 0 Å². The molecule has 2 heterocycles. The van der Waals surface area contributed by atoms with Gasteiger partial charge in [-0.1, -0.05) is 0 Å². The first-order chi connectivity index (χ1) is 12.2. The van der Waals surface area contributed by atoms with Crippen molar-refractivity contribution in [3.05, 3.63) is 17.7 Å². The van der Waals surface area contributed by atoms with E-state index in [-0.39, 0.29) is 11.7 Å². The first-order valence-corrected chi connectivity index (χ1v) is 8.95. The normalized spacial score (nSPS) is 29.2. The highest BCUT2D eigenvalue weighted by molar-refractivity contribution is 5.91. The Labute approximate surface area is 154 Å². The lowest BCUT2D eigenvalue weighted by atomic mass is 9.67. The lowest BCUT2D eigenvalue weighted by Crippen LogP contribution is -2.62. The molecule has 1 aliphatic carbocycles. The van der Waals surface area contributed by atoms with Crippen LogP contribution >= 0.6 is 0 Å². The van der Waals surface area contributed by atoms with Gasteiger partial charge >= 0.3 is 5.97 Å². The van der Waals surface area contributed by atoms with Crippen molar-refractivity contribution in [2.75, 3.05) is 21.3 Å². The van der Waals surface area contributed by atoms with Crippen LogP contribution in [0.5, 0.6) is 17.2 Å². The molecule has 144 valence electrons. The second kappa shape index (κ2) is 6.65. The summed E-state index contributed by atoms with van der Waals surface area (Å²) in [6.45, 7) is 6.27. The van der Waals surface area contributed by atoms with E-state index in [4.69, 9.17) is 23.7 Å². The van der Waals surface area contributed by atoms with Crippen LogP contribution in [0.4, 0.5) is 0 Å². The van der Waals surface area contributed by atoms with Crippen molar-refractivity contribution in [1.29, 1.82) is 0 Å². The monoisotopic (exact) mass is 364 g/mol. The fourth-order valence-electron chi connectivity index (χ4n) is 4.25. The molecule has 4 rings (SSSR count). The molecule has 2 saturated heterocycles. The van der Waals surface area contributed by atoms with Gasteiger partial charge in [-0.05, 0) is 58.1 Å². The van der Waals surface area contributed by atoms with E-state index in [1.807, 2.05) is 6.92 Å². The van der Waals surface area contributed by atoms with Gasteiger partial charge in [0, 0.05) is 0 Å². The van der Waals surface area contributed by atoms with Crippen molar-refractivity contribution in [3.8, 4) is 17.2 Å². The Hall–Kier alpha value is -1.95. The Morgan fingerprint density at radius 1 is 1.08 bits per heavy atom. The molecule has 3 fully saturated rings. The van der Waals surface area contributed by atoms with Gasteiger partial charge in [0.25, 0.3) is 0 Å². The van der Waals surface area contributed by atoms with Crippen molar-refractivity contribution in [2.45, 2.75) is 57.3 Å². The molecule has 6 nitrogen and oxygen atoms in total. The van der Waals surface area contributed by atoms with E-state index in [0.717, 1.165) is 19.3 Å². The van der Waals surface area contributed by atoms with E-state index in [9.17, 15) is 4.79 Å². The van der Waals surface area contributed by atoms with Gasteiger partial charge in [0.2, 0.25) is 5.75 Å². The minimum atomic E-state index is -0.450. The molecule has 1 saturated carbocycles. The van der Waals surface area contributed by atoms with Crippen LogP contribution < -0.4 is 14.2 Å². The largest absolute Gasteiger partial charge is 0.493 e. The molecule has 0 N–H and O–H groups in total. The standard InChI is InChI=1S/C20H28O6/c1-19(2)13-7-8-20(3,26-19)16(11-13)25-18(21)12-9-14(22-4)17(24-6)15(10-12)23-5/h9-10,13,16H,7-8,11H2,1-6H3. The number of carbonyl (C=O) groups excluding carboxylic acids is 1. The minimum Gasteiger partial charge on any atom is -0.493 e. The molecule has 2 aliphatic heterocycles. The van der Waals surface area contributed by atoms with E-state index in [0.29, 0.717) is 28.7 Å². The maximum Gasteiger partial charge on any atom is 0.338 e. The summed E-state index contributed by atoms with van der Waals surface area (Å²) in [5, 5.41) is 0. The lowest BCUT2D eigenvalue weighted by Gasteiger charge is -2.56. The van der Waals surface area contributed by atoms with Crippen LogP contribution in [0.1, 0.15) is 50.4 Å². The smallest absolute Gasteiger partial charge is 0.338 e. The number of ether oxygens (including phenoxy) is 5. The zero-order chi connectivity index (χ0) is 19.1. The average molecular weight is 364 g/mol. The molecule has 3 atom stereocenters. The molecule has 26 heavy (non-hydrogen) atoms. The van der Waals surface area contributed by atoms with Crippen LogP contribution in [0, 0.1) is 5.92 Å². The highest BCUT2D eigenvalue weighted by Gasteiger charge is 2.55. The number of hydrogen-bond acceptors (Lipinski definition) is 6. The van der Waals surface area contributed by atoms with Gasteiger partial charge in [-0.25, -0.2) is 4.79 Å².